The van der Waals surface area contributed by atoms with Crippen LogP contribution in [-0.2, 0) is 0 Å². The molecular weight excluding hydrogens is 492 g/mol. The molecular formula is C30H38N6O3. The van der Waals surface area contributed by atoms with Crippen LogP contribution in [0.1, 0.15) is 77.2 Å². The number of hydrogen-bond acceptors (Lipinski definition) is 6. The van der Waals surface area contributed by atoms with Crippen LogP contribution < -0.4 is 16.8 Å². The van der Waals surface area contributed by atoms with E-state index in [-0.39, 0.29) is 17.4 Å². The molecule has 1 aromatic carbocycles. The van der Waals surface area contributed by atoms with Gasteiger partial charge in [0.15, 0.2) is 0 Å². The van der Waals surface area contributed by atoms with Gasteiger partial charge in [-0.15, -0.1) is 0 Å². The van der Waals surface area contributed by atoms with Gasteiger partial charge in [0.05, 0.1) is 11.0 Å². The molecule has 206 valence electrons. The topological polar surface area (TPSA) is 106 Å². The second-order valence-corrected chi connectivity index (χ2v) is 12.8. The number of para-hydroxylation sites is 2. The molecule has 6 atom stereocenters. The molecule has 9 nitrogen and oxygen atoms in total. The summed E-state index contributed by atoms with van der Waals surface area (Å²) in [5.41, 5.74) is -0.270. The highest BCUT2D eigenvalue weighted by atomic mass is 16.2. The molecule has 3 aromatic rings. The molecule has 4 heterocycles. The normalized spacial score (nSPS) is 32.8. The molecule has 1 N–H and O–H groups in total. The zero-order valence-corrected chi connectivity index (χ0v) is 22.7. The van der Waals surface area contributed by atoms with E-state index in [1.165, 1.54) is 57.9 Å². The number of piperidine rings is 2. The molecule has 0 amide bonds. The number of aromatic nitrogens is 5. The molecule has 2 saturated heterocycles. The van der Waals surface area contributed by atoms with E-state index in [4.69, 9.17) is 0 Å². The summed E-state index contributed by atoms with van der Waals surface area (Å²) < 4.78 is 2.79. The van der Waals surface area contributed by atoms with Crippen LogP contribution in [0.5, 0.6) is 0 Å². The third-order valence-corrected chi connectivity index (χ3v) is 10.3. The van der Waals surface area contributed by atoms with E-state index in [0.717, 1.165) is 47.0 Å². The minimum Gasteiger partial charge on any atom is -0.300 e. The van der Waals surface area contributed by atoms with E-state index in [2.05, 4.69) is 26.9 Å². The van der Waals surface area contributed by atoms with Crippen molar-refractivity contribution in [3.63, 3.8) is 0 Å². The number of fused-ring (bicyclic) bond motifs is 5. The SMILES string of the molecule is CC1CCC2CC(n3c(=O)c(-n4ncc(=O)[nH]c4=O)nc4ccccc43)CC1N2CC1CC2CCCC(C2)C1. The third kappa shape index (κ3) is 4.48. The van der Waals surface area contributed by atoms with Gasteiger partial charge in [0.2, 0.25) is 5.82 Å². The first kappa shape index (κ1) is 24.9. The number of aromatic amines is 1. The maximum atomic E-state index is 14.0. The van der Waals surface area contributed by atoms with Gasteiger partial charge in [0.1, 0.15) is 6.20 Å². The summed E-state index contributed by atoms with van der Waals surface area (Å²) in [7, 11) is 0. The van der Waals surface area contributed by atoms with Crippen molar-refractivity contribution in [2.24, 2.45) is 23.7 Å². The Morgan fingerprint density at radius 3 is 2.51 bits per heavy atom. The summed E-state index contributed by atoms with van der Waals surface area (Å²) in [6.07, 6.45) is 13.8. The molecule has 2 aliphatic heterocycles. The predicted molar refractivity (Wildman–Crippen MR) is 149 cm³/mol. The van der Waals surface area contributed by atoms with Gasteiger partial charge < -0.3 is 4.57 Å². The largest absolute Gasteiger partial charge is 0.351 e. The van der Waals surface area contributed by atoms with Crippen LogP contribution in [0.25, 0.3) is 16.9 Å². The number of H-pyrrole nitrogens is 1. The minimum absolute atomic E-state index is 0.0161. The second kappa shape index (κ2) is 9.84. The highest BCUT2D eigenvalue weighted by molar-refractivity contribution is 5.75. The zero-order chi connectivity index (χ0) is 26.7. The quantitative estimate of drug-likeness (QED) is 0.552. The van der Waals surface area contributed by atoms with Crippen LogP contribution in [0.2, 0.25) is 0 Å². The predicted octanol–water partition coefficient (Wildman–Crippen LogP) is 3.65. The van der Waals surface area contributed by atoms with Crippen LogP contribution in [0.4, 0.5) is 0 Å². The van der Waals surface area contributed by atoms with Crippen molar-refractivity contribution in [2.75, 3.05) is 6.54 Å². The fourth-order valence-corrected chi connectivity index (χ4v) is 8.68. The molecule has 39 heavy (non-hydrogen) atoms. The lowest BCUT2D eigenvalue weighted by Crippen LogP contribution is -2.57. The van der Waals surface area contributed by atoms with E-state index < -0.39 is 11.2 Å². The molecule has 0 radical (unpaired) electrons. The Labute approximate surface area is 227 Å². The Balaban J connectivity index is 1.24. The van der Waals surface area contributed by atoms with E-state index in [1.54, 1.807) is 0 Å². The third-order valence-electron chi connectivity index (χ3n) is 10.3. The standard InChI is InChI=1S/C30H38N6O3/c1-18-9-10-22-14-23(15-26(18)34(22)17-21-12-19-5-4-6-20(11-19)13-21)35-25-8-3-2-7-24(25)32-28(29(35)38)36-30(39)33-27(37)16-31-36/h2-3,7-8,16,18-23,26H,4-6,9-15,17H2,1H3,(H,33,37,39). The monoisotopic (exact) mass is 530 g/mol. The molecule has 2 aromatic heterocycles. The van der Waals surface area contributed by atoms with Gasteiger partial charge in [-0.2, -0.15) is 9.78 Å². The lowest BCUT2D eigenvalue weighted by molar-refractivity contribution is -0.0338. The van der Waals surface area contributed by atoms with Crippen molar-refractivity contribution >= 4 is 11.0 Å². The number of benzene rings is 1. The van der Waals surface area contributed by atoms with E-state index in [1.807, 2.05) is 28.8 Å². The molecule has 4 fully saturated rings. The van der Waals surface area contributed by atoms with Crippen LogP contribution in [0, 0.1) is 23.7 Å². The van der Waals surface area contributed by atoms with Crippen molar-refractivity contribution < 1.29 is 0 Å². The zero-order valence-electron chi connectivity index (χ0n) is 22.7. The fraction of sp³-hybridized carbons (Fsp3) is 0.633. The van der Waals surface area contributed by atoms with E-state index in [0.29, 0.717) is 23.5 Å². The Morgan fingerprint density at radius 1 is 0.923 bits per heavy atom. The minimum atomic E-state index is -0.758. The van der Waals surface area contributed by atoms with Crippen LogP contribution in [0.3, 0.4) is 0 Å². The molecule has 7 rings (SSSR count). The Kier molecular flexibility index (Phi) is 6.29. The van der Waals surface area contributed by atoms with Gasteiger partial charge in [0, 0.05) is 24.7 Å². The van der Waals surface area contributed by atoms with Crippen LogP contribution in [-0.4, -0.2) is 47.8 Å². The Morgan fingerprint density at radius 2 is 1.72 bits per heavy atom. The Bertz CT molecular complexity index is 1550. The maximum absolute atomic E-state index is 14.0. The number of rotatable bonds is 4. The highest BCUT2D eigenvalue weighted by Gasteiger charge is 2.44. The van der Waals surface area contributed by atoms with Crippen molar-refractivity contribution in [1.82, 2.24) is 29.2 Å². The smallest absolute Gasteiger partial charge is 0.300 e. The molecule has 6 unspecified atom stereocenters. The first-order chi connectivity index (χ1) is 18.9. The van der Waals surface area contributed by atoms with Crippen LogP contribution in [0.15, 0.2) is 44.8 Å². The first-order valence-electron chi connectivity index (χ1n) is 14.9. The summed E-state index contributed by atoms with van der Waals surface area (Å²) >= 11 is 0. The number of nitrogens with zero attached hydrogens (tertiary/aromatic N) is 5. The maximum Gasteiger partial charge on any atom is 0.351 e. The van der Waals surface area contributed by atoms with Crippen molar-refractivity contribution in [3.8, 4) is 5.82 Å². The Hall–Kier alpha value is -3.07. The van der Waals surface area contributed by atoms with Gasteiger partial charge in [-0.05, 0) is 80.8 Å². The summed E-state index contributed by atoms with van der Waals surface area (Å²) in [5, 5.41) is 3.95. The van der Waals surface area contributed by atoms with E-state index >= 15 is 0 Å². The van der Waals surface area contributed by atoms with Gasteiger partial charge >= 0.3 is 5.69 Å². The first-order valence-corrected chi connectivity index (χ1v) is 14.9. The molecule has 9 heteroatoms. The molecule has 2 saturated carbocycles. The molecule has 4 bridgehead atoms. The molecule has 2 aliphatic carbocycles. The van der Waals surface area contributed by atoms with Crippen LogP contribution >= 0.6 is 0 Å². The van der Waals surface area contributed by atoms with Gasteiger partial charge in [-0.1, -0.05) is 38.3 Å². The average molecular weight is 531 g/mol. The number of hydrogen-bond donors (Lipinski definition) is 1. The molecule has 4 aliphatic rings. The average Bonchev–Trinajstić information content (AvgIpc) is 2.91. The number of nitrogens with one attached hydrogen (secondary N) is 1. The van der Waals surface area contributed by atoms with E-state index in [9.17, 15) is 14.4 Å². The summed E-state index contributed by atoms with van der Waals surface area (Å²) in [5.74, 6) is 3.18. The highest BCUT2D eigenvalue weighted by Crippen LogP contribution is 2.46. The lowest BCUT2D eigenvalue weighted by Gasteiger charge is -2.54. The van der Waals surface area contributed by atoms with Gasteiger partial charge in [0.25, 0.3) is 11.1 Å². The van der Waals surface area contributed by atoms with Crippen molar-refractivity contribution in [2.45, 2.75) is 89.3 Å². The lowest BCUT2D eigenvalue weighted by atomic mass is 9.67. The summed E-state index contributed by atoms with van der Waals surface area (Å²) in [6.45, 7) is 3.59. The second-order valence-electron chi connectivity index (χ2n) is 12.8. The fourth-order valence-electron chi connectivity index (χ4n) is 8.68. The van der Waals surface area contributed by atoms with Gasteiger partial charge in [-0.3, -0.25) is 19.5 Å². The summed E-state index contributed by atoms with van der Waals surface area (Å²) in [4.78, 5) is 47.8. The van der Waals surface area contributed by atoms with Crippen molar-refractivity contribution in [1.29, 1.82) is 0 Å². The van der Waals surface area contributed by atoms with Crippen molar-refractivity contribution in [3.05, 3.63) is 61.7 Å². The molecule has 0 spiro atoms. The van der Waals surface area contributed by atoms with Gasteiger partial charge in [-0.25, -0.2) is 9.78 Å². The summed E-state index contributed by atoms with van der Waals surface area (Å²) in [6, 6.07) is 8.55.